The van der Waals surface area contributed by atoms with Gasteiger partial charge < -0.3 is 8.83 Å². The molecule has 0 saturated carbocycles. The number of hydrogen-bond donors (Lipinski definition) is 0. The van der Waals surface area contributed by atoms with Crippen LogP contribution in [0.4, 0.5) is 39.5 Å². The zero-order chi connectivity index (χ0) is 37.1. The average molecular weight is 727 g/mol. The van der Waals surface area contributed by atoms with E-state index in [2.05, 4.69) is 10.2 Å². The van der Waals surface area contributed by atoms with Gasteiger partial charge in [0.25, 0.3) is 0 Å². The summed E-state index contributed by atoms with van der Waals surface area (Å²) < 4.78 is 139. The van der Waals surface area contributed by atoms with E-state index in [1.165, 1.54) is 48.9 Å². The number of hydrogen-bond acceptors (Lipinski definition) is 4. The zero-order valence-electron chi connectivity index (χ0n) is 27.1. The molecule has 8 rings (SSSR count). The molecule has 0 aliphatic heterocycles. The molecule has 0 N–H and O–H groups in total. The molecule has 4 heterocycles. The Hall–Kier alpha value is -5.73. The average Bonchev–Trinajstić information content (AvgIpc) is 3.85. The minimum absolute atomic E-state index is 0.138. The third-order valence-corrected chi connectivity index (χ3v) is 9.19. The second kappa shape index (κ2) is 10.9. The van der Waals surface area contributed by atoms with Crippen LogP contribution < -0.4 is 0 Å². The number of halogens is 9. The van der Waals surface area contributed by atoms with E-state index in [1.54, 1.807) is 31.3 Å². The number of fused-ring (bicyclic) bond motifs is 6. The summed E-state index contributed by atoms with van der Waals surface area (Å²) in [6, 6.07) is 15.3. The molecule has 0 aliphatic rings. The molecule has 0 spiro atoms. The number of aryl methyl sites for hydroxylation is 1. The van der Waals surface area contributed by atoms with E-state index in [9.17, 15) is 39.5 Å². The maximum atomic E-state index is 14.6. The number of benzene rings is 4. The fraction of sp³-hybridized carbons (Fsp3) is 0.189. The van der Waals surface area contributed by atoms with Crippen molar-refractivity contribution in [1.29, 1.82) is 0 Å². The van der Waals surface area contributed by atoms with E-state index in [0.29, 0.717) is 22.2 Å². The molecule has 0 atom stereocenters. The first-order valence-electron chi connectivity index (χ1n) is 15.6. The Labute approximate surface area is 286 Å². The van der Waals surface area contributed by atoms with Crippen molar-refractivity contribution in [3.05, 3.63) is 119 Å². The van der Waals surface area contributed by atoms with Crippen molar-refractivity contribution in [2.75, 3.05) is 0 Å². The molecule has 6 nitrogen and oxygen atoms in total. The van der Waals surface area contributed by atoms with E-state index >= 15 is 0 Å². The Balaban J connectivity index is 1.21. The van der Waals surface area contributed by atoms with Gasteiger partial charge in [-0.2, -0.15) is 49.7 Å². The molecule has 0 bridgehead atoms. The Morgan fingerprint density at radius 3 is 1.35 bits per heavy atom. The van der Waals surface area contributed by atoms with E-state index in [0.717, 1.165) is 35.1 Å². The minimum atomic E-state index is -4.85. The summed E-state index contributed by atoms with van der Waals surface area (Å²) in [6.45, 7) is 4.73. The van der Waals surface area contributed by atoms with E-state index in [1.807, 2.05) is 0 Å². The summed E-state index contributed by atoms with van der Waals surface area (Å²) in [7, 11) is 0. The summed E-state index contributed by atoms with van der Waals surface area (Å²) in [5, 5.41) is 10.0. The van der Waals surface area contributed by atoms with E-state index < -0.39 is 40.6 Å². The van der Waals surface area contributed by atoms with Crippen molar-refractivity contribution in [1.82, 2.24) is 19.6 Å². The molecule has 0 aliphatic carbocycles. The highest BCUT2D eigenvalue weighted by atomic mass is 19.4. The minimum Gasteiger partial charge on any atom is -0.456 e. The van der Waals surface area contributed by atoms with Crippen LogP contribution >= 0.6 is 0 Å². The second-order valence-electron chi connectivity index (χ2n) is 13.0. The molecule has 0 amide bonds. The van der Waals surface area contributed by atoms with Crippen LogP contribution in [-0.2, 0) is 23.9 Å². The molecule has 4 aromatic carbocycles. The Morgan fingerprint density at radius 1 is 0.500 bits per heavy atom. The molecule has 0 saturated heterocycles. The van der Waals surface area contributed by atoms with Crippen molar-refractivity contribution in [2.45, 2.75) is 44.7 Å². The summed E-state index contributed by atoms with van der Waals surface area (Å²) in [4.78, 5) is 0. The third-order valence-electron chi connectivity index (χ3n) is 9.19. The Bertz CT molecular complexity index is 2700. The SMILES string of the molecule is Cc1cn(-c2ccc3oc4ccc(C(F)(F)F)cc4c3c2)nc1C(C)(C)c1nn(-c2ccc3oc4ccc(C(F)(F)F)cc4c3c2)cc1C(F)(F)F. The first-order chi connectivity index (χ1) is 24.3. The van der Waals surface area contributed by atoms with Gasteiger partial charge in [0.1, 0.15) is 22.3 Å². The van der Waals surface area contributed by atoms with Crippen molar-refractivity contribution >= 4 is 43.9 Å². The first kappa shape index (κ1) is 33.4. The predicted octanol–water partition coefficient (Wildman–Crippen LogP) is 11.5. The maximum Gasteiger partial charge on any atom is 0.419 e. The van der Waals surface area contributed by atoms with Gasteiger partial charge in [0, 0.05) is 33.9 Å². The number of rotatable bonds is 4. The van der Waals surface area contributed by atoms with Crippen LogP contribution in [0, 0.1) is 6.92 Å². The van der Waals surface area contributed by atoms with Gasteiger partial charge in [0.15, 0.2) is 0 Å². The molecule has 0 radical (unpaired) electrons. The number of alkyl halides is 9. The predicted molar refractivity (Wildman–Crippen MR) is 174 cm³/mol. The molecule has 52 heavy (non-hydrogen) atoms. The Kier molecular flexibility index (Phi) is 7.00. The van der Waals surface area contributed by atoms with Gasteiger partial charge in [-0.05, 0) is 99.1 Å². The number of nitrogens with zero attached hydrogens (tertiary/aromatic N) is 4. The molecular weight excluding hydrogens is 703 g/mol. The van der Waals surface area contributed by atoms with Crippen LogP contribution in [0.1, 0.15) is 47.5 Å². The normalized spacial score (nSPS) is 13.4. The summed E-state index contributed by atoms with van der Waals surface area (Å²) >= 11 is 0. The lowest BCUT2D eigenvalue weighted by molar-refractivity contribution is -0.139. The number of furan rings is 2. The van der Waals surface area contributed by atoms with Crippen LogP contribution in [0.15, 0.2) is 94.0 Å². The zero-order valence-corrected chi connectivity index (χ0v) is 27.1. The topological polar surface area (TPSA) is 61.9 Å². The highest BCUT2D eigenvalue weighted by Gasteiger charge is 2.43. The second-order valence-corrected chi connectivity index (χ2v) is 13.0. The molecule has 0 unspecified atom stereocenters. The summed E-state index contributed by atoms with van der Waals surface area (Å²) in [5.74, 6) is 0. The van der Waals surface area contributed by atoms with Gasteiger partial charge in [-0.15, -0.1) is 0 Å². The molecule has 0 fully saturated rings. The largest absolute Gasteiger partial charge is 0.456 e. The van der Waals surface area contributed by atoms with Crippen molar-refractivity contribution < 1.29 is 48.3 Å². The monoisotopic (exact) mass is 726 g/mol. The fourth-order valence-corrected chi connectivity index (χ4v) is 6.67. The van der Waals surface area contributed by atoms with Crippen molar-refractivity contribution in [2.24, 2.45) is 0 Å². The standard InChI is InChI=1S/C37H23F9N4O2/c1-18-16-49(21-6-10-30-25(14-21)23-12-19(35(38,39)40)4-8-28(23)51-30)47-32(18)34(2,3)33-27(37(44,45)46)17-50(48-33)22-7-11-31-26(15-22)24-13-20(36(41,42)43)5-9-29(24)52-31/h4-17H,1-3H3. The lowest BCUT2D eigenvalue weighted by Gasteiger charge is -2.23. The van der Waals surface area contributed by atoms with Gasteiger partial charge in [-0.3, -0.25) is 0 Å². The van der Waals surface area contributed by atoms with Crippen LogP contribution in [0.5, 0.6) is 0 Å². The third kappa shape index (κ3) is 5.37. The first-order valence-corrected chi connectivity index (χ1v) is 15.6. The smallest absolute Gasteiger partial charge is 0.419 e. The van der Waals surface area contributed by atoms with Gasteiger partial charge in [-0.1, -0.05) is 0 Å². The van der Waals surface area contributed by atoms with Gasteiger partial charge in [0.05, 0.1) is 44.9 Å². The molecule has 266 valence electrons. The van der Waals surface area contributed by atoms with E-state index in [4.69, 9.17) is 8.83 Å². The van der Waals surface area contributed by atoms with Crippen LogP contribution in [0.3, 0.4) is 0 Å². The lowest BCUT2D eigenvalue weighted by atomic mass is 9.82. The Morgan fingerprint density at radius 2 is 0.904 bits per heavy atom. The summed E-state index contributed by atoms with van der Waals surface area (Å²) in [6.07, 6.45) is -11.6. The van der Waals surface area contributed by atoms with Gasteiger partial charge in [0.2, 0.25) is 0 Å². The molecular formula is C37H23F9N4O2. The van der Waals surface area contributed by atoms with Gasteiger partial charge in [-0.25, -0.2) is 9.36 Å². The van der Waals surface area contributed by atoms with E-state index in [-0.39, 0.29) is 50.0 Å². The fourth-order valence-electron chi connectivity index (χ4n) is 6.67. The summed E-state index contributed by atoms with van der Waals surface area (Å²) in [5.41, 5.74) is -2.27. The van der Waals surface area contributed by atoms with Gasteiger partial charge >= 0.3 is 18.5 Å². The van der Waals surface area contributed by atoms with Crippen LogP contribution in [0.25, 0.3) is 55.3 Å². The van der Waals surface area contributed by atoms with Crippen LogP contribution in [-0.4, -0.2) is 19.6 Å². The lowest BCUT2D eigenvalue weighted by Crippen LogP contribution is -2.25. The van der Waals surface area contributed by atoms with Crippen molar-refractivity contribution in [3.8, 4) is 11.4 Å². The molecule has 8 aromatic rings. The van der Waals surface area contributed by atoms with Crippen LogP contribution in [0.2, 0.25) is 0 Å². The molecule has 15 heteroatoms. The molecule has 4 aromatic heterocycles. The maximum absolute atomic E-state index is 14.6. The highest BCUT2D eigenvalue weighted by molar-refractivity contribution is 6.06. The quantitative estimate of drug-likeness (QED) is 0.169. The number of aromatic nitrogens is 4. The van der Waals surface area contributed by atoms with Crippen molar-refractivity contribution in [3.63, 3.8) is 0 Å². The highest BCUT2D eigenvalue weighted by Crippen LogP contribution is 2.43.